The average Bonchev–Trinajstić information content (AvgIpc) is 2.77. The number of hydrogen-bond donors (Lipinski definition) is 2. The van der Waals surface area contributed by atoms with Crippen LogP contribution in [0.2, 0.25) is 0 Å². The third kappa shape index (κ3) is 2.06. The van der Waals surface area contributed by atoms with E-state index in [1.807, 2.05) is 0 Å². The third-order valence-electron chi connectivity index (χ3n) is 2.83. The van der Waals surface area contributed by atoms with Gasteiger partial charge in [0, 0.05) is 12.7 Å². The van der Waals surface area contributed by atoms with E-state index >= 15 is 0 Å². The van der Waals surface area contributed by atoms with Crippen molar-refractivity contribution in [2.75, 3.05) is 11.4 Å². The third-order valence-corrected chi connectivity index (χ3v) is 2.83. The molecule has 1 saturated heterocycles. The maximum absolute atomic E-state index is 11.0. The number of carboxylic acid groups (broad SMARTS) is 2. The number of aromatic carboxylic acids is 1. The van der Waals surface area contributed by atoms with E-state index in [-0.39, 0.29) is 11.4 Å². The van der Waals surface area contributed by atoms with Gasteiger partial charge in [0.2, 0.25) is 0 Å². The number of carbonyl (C=O) groups is 2. The van der Waals surface area contributed by atoms with Gasteiger partial charge in [-0.1, -0.05) is 0 Å². The summed E-state index contributed by atoms with van der Waals surface area (Å²) in [5, 5.41) is 18.1. The zero-order valence-corrected chi connectivity index (χ0v) is 9.04. The highest BCUT2D eigenvalue weighted by Gasteiger charge is 2.33. The number of aromatic nitrogens is 1. The first kappa shape index (κ1) is 11.4. The standard InChI is InChI=1S/C11H12N2O4/c14-10(15)7-3-1-5-12-9(7)13-6-2-4-8(13)11(16)17/h1,3,5,8H,2,4,6H2,(H,14,15)(H,16,17). The number of pyridine rings is 1. The van der Waals surface area contributed by atoms with E-state index in [2.05, 4.69) is 4.98 Å². The summed E-state index contributed by atoms with van der Waals surface area (Å²) in [6, 6.07) is 2.28. The van der Waals surface area contributed by atoms with Crippen molar-refractivity contribution in [2.24, 2.45) is 0 Å². The summed E-state index contributed by atoms with van der Waals surface area (Å²) in [4.78, 5) is 27.6. The topological polar surface area (TPSA) is 90.7 Å². The first-order valence-electron chi connectivity index (χ1n) is 5.29. The van der Waals surface area contributed by atoms with Crippen molar-refractivity contribution in [1.29, 1.82) is 0 Å². The van der Waals surface area contributed by atoms with Crippen molar-refractivity contribution >= 4 is 17.8 Å². The molecule has 0 saturated carbocycles. The minimum atomic E-state index is -1.09. The van der Waals surface area contributed by atoms with Crippen molar-refractivity contribution in [3.05, 3.63) is 23.9 Å². The fourth-order valence-electron chi connectivity index (χ4n) is 2.07. The summed E-state index contributed by atoms with van der Waals surface area (Å²) < 4.78 is 0. The van der Waals surface area contributed by atoms with Crippen molar-refractivity contribution in [3.8, 4) is 0 Å². The average molecular weight is 236 g/mol. The van der Waals surface area contributed by atoms with Crippen LogP contribution in [0.5, 0.6) is 0 Å². The molecule has 0 aliphatic carbocycles. The van der Waals surface area contributed by atoms with Crippen LogP contribution in [0, 0.1) is 0 Å². The lowest BCUT2D eigenvalue weighted by Gasteiger charge is -2.23. The van der Waals surface area contributed by atoms with Gasteiger partial charge >= 0.3 is 11.9 Å². The number of hydrogen-bond acceptors (Lipinski definition) is 4. The molecule has 0 aromatic carbocycles. The van der Waals surface area contributed by atoms with Gasteiger partial charge in [-0.2, -0.15) is 0 Å². The Bertz CT molecular complexity index is 461. The largest absolute Gasteiger partial charge is 0.480 e. The molecule has 6 nitrogen and oxygen atoms in total. The van der Waals surface area contributed by atoms with E-state index in [9.17, 15) is 9.59 Å². The van der Waals surface area contributed by atoms with E-state index in [1.54, 1.807) is 4.90 Å². The quantitative estimate of drug-likeness (QED) is 0.807. The number of carboxylic acids is 2. The molecule has 2 N–H and O–H groups in total. The molecule has 0 amide bonds. The fourth-order valence-corrected chi connectivity index (χ4v) is 2.07. The molecule has 0 spiro atoms. The Labute approximate surface area is 97.5 Å². The van der Waals surface area contributed by atoms with Gasteiger partial charge in [-0.3, -0.25) is 0 Å². The summed E-state index contributed by atoms with van der Waals surface area (Å²) in [6.45, 7) is 0.522. The van der Waals surface area contributed by atoms with E-state index in [4.69, 9.17) is 10.2 Å². The summed E-state index contributed by atoms with van der Waals surface area (Å²) in [6.07, 6.45) is 2.72. The van der Waals surface area contributed by atoms with Crippen LogP contribution in [0.3, 0.4) is 0 Å². The highest BCUT2D eigenvalue weighted by atomic mass is 16.4. The number of anilines is 1. The van der Waals surface area contributed by atoms with Gasteiger partial charge in [-0.25, -0.2) is 14.6 Å². The Hall–Kier alpha value is -2.11. The van der Waals surface area contributed by atoms with Crippen molar-refractivity contribution in [1.82, 2.24) is 4.98 Å². The lowest BCUT2D eigenvalue weighted by Crippen LogP contribution is -2.37. The second-order valence-electron chi connectivity index (χ2n) is 3.87. The van der Waals surface area contributed by atoms with E-state index in [0.29, 0.717) is 13.0 Å². The zero-order valence-electron chi connectivity index (χ0n) is 9.04. The molecule has 1 atom stereocenters. The molecule has 1 unspecified atom stereocenters. The first-order valence-corrected chi connectivity index (χ1v) is 5.29. The van der Waals surface area contributed by atoms with Gasteiger partial charge in [0.1, 0.15) is 17.4 Å². The predicted molar refractivity (Wildman–Crippen MR) is 59.2 cm³/mol. The molecule has 1 aromatic heterocycles. The number of nitrogens with zero attached hydrogens (tertiary/aromatic N) is 2. The van der Waals surface area contributed by atoms with Crippen LogP contribution < -0.4 is 4.90 Å². The second kappa shape index (κ2) is 4.40. The smallest absolute Gasteiger partial charge is 0.339 e. The fraction of sp³-hybridized carbons (Fsp3) is 0.364. The Morgan fingerprint density at radius 2 is 2.18 bits per heavy atom. The summed E-state index contributed by atoms with van der Waals surface area (Å²) in [7, 11) is 0. The van der Waals surface area contributed by atoms with Crippen molar-refractivity contribution in [3.63, 3.8) is 0 Å². The molecule has 90 valence electrons. The van der Waals surface area contributed by atoms with Crippen LogP contribution in [-0.2, 0) is 4.79 Å². The second-order valence-corrected chi connectivity index (χ2v) is 3.87. The maximum Gasteiger partial charge on any atom is 0.339 e. The Balaban J connectivity index is 2.39. The van der Waals surface area contributed by atoms with Gasteiger partial charge in [-0.15, -0.1) is 0 Å². The van der Waals surface area contributed by atoms with Gasteiger partial charge in [0.25, 0.3) is 0 Å². The molecular formula is C11H12N2O4. The number of rotatable bonds is 3. The van der Waals surface area contributed by atoms with Gasteiger partial charge in [-0.05, 0) is 25.0 Å². The SMILES string of the molecule is O=C(O)c1cccnc1N1CCCC1C(=O)O. The Morgan fingerprint density at radius 3 is 2.82 bits per heavy atom. The van der Waals surface area contributed by atoms with Gasteiger partial charge < -0.3 is 15.1 Å². The molecule has 0 radical (unpaired) electrons. The van der Waals surface area contributed by atoms with Crippen molar-refractivity contribution < 1.29 is 19.8 Å². The number of aliphatic carboxylic acids is 1. The Kier molecular flexibility index (Phi) is 2.95. The molecule has 1 aromatic rings. The summed E-state index contributed by atoms with van der Waals surface area (Å²) in [5.74, 6) is -1.79. The molecule has 6 heteroatoms. The highest BCUT2D eigenvalue weighted by Crippen LogP contribution is 2.26. The normalized spacial score (nSPS) is 19.3. The summed E-state index contributed by atoms with van der Waals surface area (Å²) >= 11 is 0. The van der Waals surface area contributed by atoms with Crippen LogP contribution in [0.1, 0.15) is 23.2 Å². The van der Waals surface area contributed by atoms with Crippen LogP contribution in [0.4, 0.5) is 5.82 Å². The van der Waals surface area contributed by atoms with Crippen LogP contribution >= 0.6 is 0 Å². The lowest BCUT2D eigenvalue weighted by molar-refractivity contribution is -0.138. The molecule has 1 aliphatic rings. The first-order chi connectivity index (χ1) is 8.11. The molecule has 2 heterocycles. The monoisotopic (exact) mass is 236 g/mol. The van der Waals surface area contributed by atoms with E-state index < -0.39 is 18.0 Å². The Morgan fingerprint density at radius 1 is 1.41 bits per heavy atom. The summed E-state index contributed by atoms with van der Waals surface area (Å²) in [5.41, 5.74) is 0.0423. The molecule has 17 heavy (non-hydrogen) atoms. The minimum Gasteiger partial charge on any atom is -0.480 e. The van der Waals surface area contributed by atoms with Gasteiger partial charge in [0.05, 0.1) is 0 Å². The van der Waals surface area contributed by atoms with Crippen LogP contribution in [0.15, 0.2) is 18.3 Å². The van der Waals surface area contributed by atoms with E-state index in [0.717, 1.165) is 6.42 Å². The van der Waals surface area contributed by atoms with Crippen molar-refractivity contribution in [2.45, 2.75) is 18.9 Å². The molecule has 1 fully saturated rings. The molecule has 0 bridgehead atoms. The predicted octanol–water partition coefficient (Wildman–Crippen LogP) is 0.833. The molecule has 2 rings (SSSR count). The van der Waals surface area contributed by atoms with E-state index in [1.165, 1.54) is 18.3 Å². The maximum atomic E-state index is 11.0. The van der Waals surface area contributed by atoms with Gasteiger partial charge in [0.15, 0.2) is 0 Å². The zero-order chi connectivity index (χ0) is 12.4. The van der Waals surface area contributed by atoms with Crippen LogP contribution in [0.25, 0.3) is 0 Å². The highest BCUT2D eigenvalue weighted by molar-refractivity contribution is 5.94. The molecule has 1 aliphatic heterocycles. The minimum absolute atomic E-state index is 0.0423. The van der Waals surface area contributed by atoms with Crippen LogP contribution in [-0.4, -0.2) is 39.7 Å². The lowest BCUT2D eigenvalue weighted by atomic mass is 10.2. The molecular weight excluding hydrogens is 224 g/mol.